The van der Waals surface area contributed by atoms with E-state index in [-0.39, 0.29) is 59.7 Å². The molecule has 16 nitrogen and oxygen atoms in total. The number of hydrogen-bond acceptors (Lipinski definition) is 9. The van der Waals surface area contributed by atoms with Crippen LogP contribution in [0.5, 0.6) is 0 Å². The molecule has 93 heavy (non-hydrogen) atoms. The zero-order chi connectivity index (χ0) is 65.7. The molecule has 4 amide bonds. The normalized spacial score (nSPS) is 12.4. The van der Waals surface area contributed by atoms with E-state index in [1.165, 1.54) is 0 Å². The second-order valence-electron chi connectivity index (χ2n) is 27.6. The van der Waals surface area contributed by atoms with Crippen LogP contribution in [-0.4, -0.2) is 55.7 Å². The third-order valence-corrected chi connectivity index (χ3v) is 16.0. The van der Waals surface area contributed by atoms with Crippen molar-refractivity contribution in [1.29, 1.82) is 0 Å². The van der Waals surface area contributed by atoms with Gasteiger partial charge in [-0.05, 0) is 77.6 Å². The monoisotopic (exact) mass is 1290 g/mol. The number of benzene rings is 4. The predicted octanol–water partition coefficient (Wildman–Crippen LogP) is 16.7. The molecule has 480 valence electrons. The average Bonchev–Trinajstić information content (AvgIpc) is 1.64. The van der Waals surface area contributed by atoms with E-state index in [0.717, 1.165) is 32.2 Å². The summed E-state index contributed by atoms with van der Waals surface area (Å²) in [5, 5.41) is 12.9. The number of nitrogens with zero attached hydrogens (tertiary/aromatic N) is 6. The molecule has 0 aliphatic carbocycles. The van der Waals surface area contributed by atoms with Gasteiger partial charge in [0, 0.05) is 97.6 Å². The predicted molar refractivity (Wildman–Crippen MR) is 371 cm³/mol. The van der Waals surface area contributed by atoms with Crippen LogP contribution < -0.4 is 31.2 Å². The van der Waals surface area contributed by atoms with Gasteiger partial charge >= 0.3 is 23.0 Å². The summed E-state index contributed by atoms with van der Waals surface area (Å²) in [5.74, 6) is -1.20. The number of amides is 4. The zero-order valence-electron chi connectivity index (χ0n) is 55.2. The first kappa shape index (κ1) is 67.9. The number of carbonyl (C=O) groups excluding carboxylic acids is 5. The molecule has 6 heterocycles. The second kappa shape index (κ2) is 28.2. The molecule has 0 spiro atoms. The van der Waals surface area contributed by atoms with Crippen molar-refractivity contribution in [2.75, 3.05) is 27.9 Å². The van der Waals surface area contributed by atoms with Crippen molar-refractivity contribution in [2.45, 2.75) is 128 Å². The van der Waals surface area contributed by atoms with Gasteiger partial charge in [-0.3, -0.25) is 24.0 Å². The van der Waals surface area contributed by atoms with Gasteiger partial charge in [0.15, 0.2) is 0 Å². The van der Waals surface area contributed by atoms with Crippen LogP contribution in [0.25, 0.3) is 90.4 Å². The van der Waals surface area contributed by atoms with Crippen LogP contribution in [-0.2, 0) is 52.3 Å². The van der Waals surface area contributed by atoms with E-state index in [4.69, 9.17) is 24.7 Å². The number of para-hydroxylation sites is 4. The molecule has 0 atom stereocenters. The first-order valence-electron chi connectivity index (χ1n) is 31.6. The number of ether oxygens (including phenoxy) is 1. The molecule has 0 saturated carbocycles. The van der Waals surface area contributed by atoms with Crippen LogP contribution in [0.15, 0.2) is 140 Å². The quantitative estimate of drug-likeness (QED) is 0.0360. The van der Waals surface area contributed by atoms with E-state index >= 15 is 0 Å². The summed E-state index contributed by atoms with van der Waals surface area (Å²) >= 11 is 0. The number of carbonyl (C=O) groups is 5. The number of rotatable bonds is 18. The fourth-order valence-corrected chi connectivity index (χ4v) is 10.7. The average molecular weight is 1290 g/mol. The van der Waals surface area contributed by atoms with E-state index in [0.29, 0.717) is 124 Å². The topological polar surface area (TPSA) is 214 Å². The Morgan fingerprint density at radius 3 is 1.22 bits per heavy atom. The van der Waals surface area contributed by atoms with E-state index in [1.807, 2.05) is 235 Å². The van der Waals surface area contributed by atoms with Gasteiger partial charge in [0.25, 0.3) is 0 Å². The Morgan fingerprint density at radius 1 is 0.452 bits per heavy atom. The third-order valence-electron chi connectivity index (χ3n) is 16.0. The zero-order valence-corrected chi connectivity index (χ0v) is 56.3. The van der Waals surface area contributed by atoms with Gasteiger partial charge < -0.3 is 40.5 Å². The number of aromatic nitrogens is 6. The van der Waals surface area contributed by atoms with E-state index in [1.54, 1.807) is 6.20 Å². The Balaban J connectivity index is 0.0000102. The molecular weight excluding hydrogens is 1200 g/mol. The van der Waals surface area contributed by atoms with Crippen LogP contribution in [0.2, 0.25) is 0 Å². The first-order chi connectivity index (χ1) is 43.7. The van der Waals surface area contributed by atoms with Gasteiger partial charge in [-0.25, -0.2) is 15.0 Å². The van der Waals surface area contributed by atoms with Crippen molar-refractivity contribution in [3.8, 4) is 44.5 Å². The van der Waals surface area contributed by atoms with E-state index in [2.05, 4.69) is 30.8 Å². The number of nitrogens with one attached hydrogen (secondary N) is 4. The summed E-state index contributed by atoms with van der Waals surface area (Å²) in [5.41, 5.74) is 8.07. The van der Waals surface area contributed by atoms with Gasteiger partial charge in [-0.15, -0.1) is 22.1 Å². The summed E-state index contributed by atoms with van der Waals surface area (Å²) < 4.78 is 8.39. The largest absolute Gasteiger partial charge is 2.00 e. The Hall–Kier alpha value is -9.44. The van der Waals surface area contributed by atoms with Crippen molar-refractivity contribution in [2.24, 2.45) is 21.7 Å². The van der Waals surface area contributed by atoms with Crippen molar-refractivity contribution in [3.63, 3.8) is 0 Å². The number of anilines is 4. The molecule has 0 fully saturated rings. The number of fused-ring (bicyclic) bond motifs is 8. The summed E-state index contributed by atoms with van der Waals surface area (Å²) in [6, 6.07) is 37.8. The van der Waals surface area contributed by atoms with Crippen molar-refractivity contribution < 1.29 is 45.8 Å². The van der Waals surface area contributed by atoms with E-state index in [9.17, 15) is 24.0 Å². The molecule has 2 aliphatic heterocycles. The first-order valence-corrected chi connectivity index (χ1v) is 31.6. The van der Waals surface area contributed by atoms with Crippen LogP contribution in [0.4, 0.5) is 22.7 Å². The van der Waals surface area contributed by atoms with Crippen LogP contribution >= 0.6 is 0 Å². The van der Waals surface area contributed by atoms with E-state index < -0.39 is 21.7 Å². The van der Waals surface area contributed by atoms with Gasteiger partial charge in [0.1, 0.15) is 6.61 Å². The molecule has 8 aromatic rings. The summed E-state index contributed by atoms with van der Waals surface area (Å²) in [4.78, 5) is 96.9. The third kappa shape index (κ3) is 15.9. The summed E-state index contributed by atoms with van der Waals surface area (Å²) in [6.45, 7) is 23.0. The maximum absolute atomic E-state index is 14.2. The molecule has 8 bridgehead atoms. The molecular formula is C76H82FeN10O6. The Morgan fingerprint density at radius 2 is 0.817 bits per heavy atom. The fourth-order valence-electron chi connectivity index (χ4n) is 10.7. The number of unbranched alkanes of at least 4 members (excludes halogenated alkanes) is 4. The summed E-state index contributed by atoms with van der Waals surface area (Å²) in [6.07, 6.45) is 16.0. The van der Waals surface area contributed by atoms with Gasteiger partial charge in [0.2, 0.25) is 23.6 Å². The number of aryl methyl sites for hydroxylation is 1. The minimum atomic E-state index is -0.786. The molecule has 10 rings (SSSR count). The van der Waals surface area contributed by atoms with Crippen LogP contribution in [0.1, 0.15) is 144 Å². The number of hydrogen-bond donors (Lipinski definition) is 4. The van der Waals surface area contributed by atoms with Crippen molar-refractivity contribution in [3.05, 3.63) is 163 Å². The standard InChI is InChI=1S/C76H84N10O6.Fe/c1-73(2,3)69(88)82-52-30-21-17-26-48(52)64-56-35-36-57(78-56)65(49-27-18-22-31-53(49)83-70(89)74(4,5)6)59-39-40-61(80-59)67(51-29-20-24-33-55(51)85-72(91)76(10,11)12)68-47(45-92-63(87)34-16-14-13-15-25-42-86-43-41-77-46-86)44-62(81-68)66(60-38-37-58(64)79-60)50-28-19-23-32-54(50)84-71(90)75(7,8)9;/h17-24,26-33,35-41,43-44,46H,13-16,25,34,42,45H2,1-12H3,(H6,78,79,80,81,82,83,84,85,88,89,90,91);/q;+2/p-2. The van der Waals surface area contributed by atoms with Gasteiger partial charge in [0.05, 0.1) is 29.1 Å². The molecule has 4 aromatic carbocycles. The maximum Gasteiger partial charge on any atom is 2.00 e. The van der Waals surface area contributed by atoms with Crippen LogP contribution in [0, 0.1) is 21.7 Å². The minimum absolute atomic E-state index is 0. The molecule has 4 aromatic heterocycles. The van der Waals surface area contributed by atoms with Gasteiger partial charge in [-0.2, -0.15) is 0 Å². The Bertz CT molecular complexity index is 4370. The molecule has 2 aliphatic rings. The molecule has 17 heteroatoms. The van der Waals surface area contributed by atoms with Crippen molar-refractivity contribution in [1.82, 2.24) is 29.5 Å². The second-order valence-corrected chi connectivity index (χ2v) is 27.6. The number of imidazole rings is 1. The minimum Gasteiger partial charge on any atom is -0.657 e. The van der Waals surface area contributed by atoms with Gasteiger partial charge in [-0.1, -0.05) is 199 Å². The maximum atomic E-state index is 14.2. The molecule has 0 unspecified atom stereocenters. The SMILES string of the molecule is CC(C)(C)C(=O)Nc1ccccc1-c1c2nc(c(-c3ccccc3NC(=O)C(C)(C)C)c3ccc([n-]3)c(-c3ccccc3NC(=O)C(C)(C)C)c3nc(c(-c4ccccc4NC(=O)C(C)(C)C)c4ccc1[n-]4)C=C3COC(=O)CCCCCCCn1ccnc1)C=C2.[Fe+2]. The fraction of sp³-hybridized carbons (Fsp3) is 0.316. The molecule has 4 N–H and O–H groups in total. The van der Waals surface area contributed by atoms with Crippen molar-refractivity contribution >= 4 is 98.2 Å². The molecule has 0 saturated heterocycles. The smallest absolute Gasteiger partial charge is 0.657 e. The summed E-state index contributed by atoms with van der Waals surface area (Å²) in [7, 11) is 0. The molecule has 0 radical (unpaired) electrons. The van der Waals surface area contributed by atoms with Crippen LogP contribution in [0.3, 0.4) is 0 Å². The Labute approximate surface area is 555 Å². The number of esters is 1. The Kier molecular flexibility index (Phi) is 20.6.